The molecule has 8 heteroatoms. The Bertz CT molecular complexity index is 1230. The van der Waals surface area contributed by atoms with Crippen LogP contribution in [0.4, 0.5) is 0 Å². The minimum atomic E-state index is -0.791. The van der Waals surface area contributed by atoms with Crippen LogP contribution in [0.25, 0.3) is 5.76 Å². The van der Waals surface area contributed by atoms with E-state index in [1.807, 2.05) is 32.0 Å². The van der Waals surface area contributed by atoms with Gasteiger partial charge in [-0.3, -0.25) is 9.59 Å². The molecule has 39 heavy (non-hydrogen) atoms. The molecule has 1 aliphatic heterocycles. The number of likely N-dealkylation sites (N-methyl/N-ethyl adjacent to an activating group) is 1. The lowest BCUT2D eigenvalue weighted by molar-refractivity contribution is -0.140. The van der Waals surface area contributed by atoms with E-state index >= 15 is 0 Å². The fourth-order valence-corrected chi connectivity index (χ4v) is 4.41. The lowest BCUT2D eigenvalue weighted by Crippen LogP contribution is -2.35. The van der Waals surface area contributed by atoms with Gasteiger partial charge in [0.1, 0.15) is 18.1 Å². The number of carbonyl (C=O) groups excluding carboxylic acids is 2. The smallest absolute Gasteiger partial charge is 0.295 e. The van der Waals surface area contributed by atoms with Crippen LogP contribution < -0.4 is 14.2 Å². The molecule has 1 saturated heterocycles. The molecule has 8 nitrogen and oxygen atoms in total. The molecule has 210 valence electrons. The number of benzene rings is 2. The number of nitrogens with zero attached hydrogens (tertiary/aromatic N) is 2. The van der Waals surface area contributed by atoms with E-state index in [1.165, 1.54) is 4.90 Å². The van der Waals surface area contributed by atoms with Gasteiger partial charge in [-0.25, -0.2) is 0 Å². The average molecular weight is 537 g/mol. The number of aryl methyl sites for hydroxylation is 1. The Labute approximate surface area is 231 Å². The minimum absolute atomic E-state index is 0.0356. The number of amides is 1. The van der Waals surface area contributed by atoms with Crippen molar-refractivity contribution in [2.75, 3.05) is 47.5 Å². The Morgan fingerprint density at radius 3 is 2.44 bits per heavy atom. The van der Waals surface area contributed by atoms with Crippen LogP contribution in [-0.2, 0) is 9.59 Å². The number of hydrogen-bond donors (Lipinski definition) is 1. The van der Waals surface area contributed by atoms with Gasteiger partial charge >= 0.3 is 0 Å². The van der Waals surface area contributed by atoms with Crippen LogP contribution in [0.2, 0.25) is 0 Å². The maximum absolute atomic E-state index is 13.4. The lowest BCUT2D eigenvalue weighted by Gasteiger charge is -2.27. The zero-order valence-corrected chi connectivity index (χ0v) is 23.8. The number of Topliss-reactive ketones (excluding diaryl/α,β-unsaturated/α-hetero) is 1. The van der Waals surface area contributed by atoms with Gasteiger partial charge in [-0.05, 0) is 74.8 Å². The van der Waals surface area contributed by atoms with Gasteiger partial charge in [-0.15, -0.1) is 0 Å². The maximum Gasteiger partial charge on any atom is 0.295 e. The van der Waals surface area contributed by atoms with Crippen molar-refractivity contribution in [3.8, 4) is 17.2 Å². The Morgan fingerprint density at radius 2 is 1.82 bits per heavy atom. The summed E-state index contributed by atoms with van der Waals surface area (Å²) in [4.78, 5) is 30.1. The summed E-state index contributed by atoms with van der Waals surface area (Å²) in [6.07, 6.45) is 2.55. The molecule has 1 amide bonds. The minimum Gasteiger partial charge on any atom is -0.507 e. The quantitative estimate of drug-likeness (QED) is 0.167. The van der Waals surface area contributed by atoms with Crippen molar-refractivity contribution in [1.29, 1.82) is 0 Å². The highest BCUT2D eigenvalue weighted by Gasteiger charge is 2.46. The fraction of sp³-hybridized carbons (Fsp3) is 0.419. The third kappa shape index (κ3) is 7.00. The van der Waals surface area contributed by atoms with Gasteiger partial charge in [0.2, 0.25) is 0 Å². The predicted octanol–water partition coefficient (Wildman–Crippen LogP) is 4.98. The molecule has 0 bridgehead atoms. The Hall–Kier alpha value is -3.78. The molecule has 2 aromatic carbocycles. The van der Waals surface area contributed by atoms with Gasteiger partial charge in [-0.1, -0.05) is 32.6 Å². The number of methoxy groups -OCH3 is 1. The van der Waals surface area contributed by atoms with E-state index in [1.54, 1.807) is 43.5 Å². The summed E-state index contributed by atoms with van der Waals surface area (Å²) in [6.45, 7) is 11.5. The molecule has 3 rings (SSSR count). The molecular formula is C31H40N2O6. The number of rotatable bonds is 13. The number of ketones is 1. The summed E-state index contributed by atoms with van der Waals surface area (Å²) < 4.78 is 17.2. The summed E-state index contributed by atoms with van der Waals surface area (Å²) in [6, 6.07) is 9.74. The second-order valence-corrected chi connectivity index (χ2v) is 10.3. The molecule has 2 aromatic rings. The molecule has 0 spiro atoms. The third-order valence-electron chi connectivity index (χ3n) is 6.59. The summed E-state index contributed by atoms with van der Waals surface area (Å²) in [5.41, 5.74) is 1.89. The summed E-state index contributed by atoms with van der Waals surface area (Å²) >= 11 is 0. The van der Waals surface area contributed by atoms with E-state index in [-0.39, 0.29) is 11.3 Å². The normalized spacial score (nSPS) is 16.7. The highest BCUT2D eigenvalue weighted by atomic mass is 16.5. The van der Waals surface area contributed by atoms with Crippen LogP contribution in [-0.4, -0.2) is 74.1 Å². The van der Waals surface area contributed by atoms with E-state index in [9.17, 15) is 14.7 Å². The van der Waals surface area contributed by atoms with Gasteiger partial charge in [-0.2, -0.15) is 0 Å². The zero-order valence-electron chi connectivity index (χ0n) is 23.8. The first-order chi connectivity index (χ1) is 18.6. The molecular weight excluding hydrogens is 496 g/mol. The Balaban J connectivity index is 2.09. The van der Waals surface area contributed by atoms with E-state index in [0.29, 0.717) is 60.6 Å². The first-order valence-electron chi connectivity index (χ1n) is 13.2. The highest BCUT2D eigenvalue weighted by Crippen LogP contribution is 2.42. The first-order valence-corrected chi connectivity index (χ1v) is 13.2. The van der Waals surface area contributed by atoms with Crippen LogP contribution in [0.15, 0.2) is 54.6 Å². The largest absolute Gasteiger partial charge is 0.507 e. The Kier molecular flexibility index (Phi) is 10.2. The van der Waals surface area contributed by atoms with Crippen LogP contribution in [0.5, 0.6) is 17.2 Å². The second-order valence-electron chi connectivity index (χ2n) is 10.3. The monoisotopic (exact) mass is 536 g/mol. The van der Waals surface area contributed by atoms with Crippen molar-refractivity contribution in [3.63, 3.8) is 0 Å². The zero-order chi connectivity index (χ0) is 28.7. The maximum atomic E-state index is 13.4. The van der Waals surface area contributed by atoms with Crippen molar-refractivity contribution in [3.05, 3.63) is 71.3 Å². The summed E-state index contributed by atoms with van der Waals surface area (Å²) in [5, 5.41) is 11.4. The van der Waals surface area contributed by atoms with Gasteiger partial charge in [0.25, 0.3) is 11.7 Å². The molecule has 1 fully saturated rings. The number of ether oxygens (including phenoxy) is 3. The molecule has 1 heterocycles. The molecule has 1 N–H and O–H groups in total. The van der Waals surface area contributed by atoms with Crippen molar-refractivity contribution in [1.82, 2.24) is 9.80 Å². The van der Waals surface area contributed by atoms with Gasteiger partial charge in [0.15, 0.2) is 11.5 Å². The summed E-state index contributed by atoms with van der Waals surface area (Å²) in [5.74, 6) is 0.608. The van der Waals surface area contributed by atoms with Crippen molar-refractivity contribution >= 4 is 17.4 Å². The molecule has 1 aliphatic rings. The van der Waals surface area contributed by atoms with Crippen LogP contribution in [0, 0.1) is 12.8 Å². The van der Waals surface area contributed by atoms with Gasteiger partial charge in [0.05, 0.1) is 25.3 Å². The van der Waals surface area contributed by atoms with Crippen LogP contribution in [0.3, 0.4) is 0 Å². The van der Waals surface area contributed by atoms with E-state index < -0.39 is 17.7 Å². The summed E-state index contributed by atoms with van der Waals surface area (Å²) in [7, 11) is 5.35. The van der Waals surface area contributed by atoms with Gasteiger partial charge < -0.3 is 29.1 Å². The van der Waals surface area contributed by atoms with Crippen molar-refractivity contribution in [2.45, 2.75) is 33.2 Å². The molecule has 1 unspecified atom stereocenters. The number of aliphatic hydroxyl groups is 1. The first kappa shape index (κ1) is 29.8. The number of carbonyl (C=O) groups is 2. The molecule has 0 aliphatic carbocycles. The van der Waals surface area contributed by atoms with E-state index in [2.05, 4.69) is 20.4 Å². The third-order valence-corrected chi connectivity index (χ3v) is 6.59. The average Bonchev–Trinajstić information content (AvgIpc) is 3.15. The van der Waals surface area contributed by atoms with E-state index in [4.69, 9.17) is 14.2 Å². The van der Waals surface area contributed by atoms with Crippen molar-refractivity contribution in [2.24, 2.45) is 5.92 Å². The van der Waals surface area contributed by atoms with Crippen LogP contribution >= 0.6 is 0 Å². The predicted molar refractivity (Wildman–Crippen MR) is 152 cm³/mol. The number of likely N-dealkylation sites (tertiary alicyclic amines) is 1. The second kappa shape index (κ2) is 13.3. The fourth-order valence-electron chi connectivity index (χ4n) is 4.41. The van der Waals surface area contributed by atoms with Crippen molar-refractivity contribution < 1.29 is 28.9 Å². The molecule has 0 radical (unpaired) electrons. The SMILES string of the molecule is C=CCOc1ccc(/C(O)=C2\C(=O)C(=O)N(CCN(C)C)C2c2ccc(OCCC(C)C)c(OC)c2)cc1C. The topological polar surface area (TPSA) is 88.5 Å². The van der Waals surface area contributed by atoms with Gasteiger partial charge in [0, 0.05) is 18.7 Å². The van der Waals surface area contributed by atoms with Crippen LogP contribution in [0.1, 0.15) is 43.0 Å². The standard InChI is InChI=1S/C31H40N2O6/c1-8-16-38-24-11-10-23(18-21(24)4)29(34)27-28(33(15-14-32(5)6)31(36)30(27)35)22-9-12-25(26(19-22)37-7)39-17-13-20(2)3/h8-12,18-20,28,34H,1,13-17H2,2-7H3/b29-27+. The highest BCUT2D eigenvalue weighted by molar-refractivity contribution is 6.46. The Morgan fingerprint density at radius 1 is 1.10 bits per heavy atom. The molecule has 0 aromatic heterocycles. The molecule has 1 atom stereocenters. The van der Waals surface area contributed by atoms with E-state index in [0.717, 1.165) is 12.0 Å². The lowest BCUT2D eigenvalue weighted by atomic mass is 9.94. The molecule has 0 saturated carbocycles. The number of aliphatic hydroxyl groups excluding tert-OH is 1. The number of hydrogen-bond acceptors (Lipinski definition) is 7.